The van der Waals surface area contributed by atoms with Crippen LogP contribution in [0.15, 0.2) is 16.8 Å². The first-order chi connectivity index (χ1) is 8.97. The van der Waals surface area contributed by atoms with Crippen LogP contribution < -0.4 is 5.32 Å². The lowest BCUT2D eigenvalue weighted by Crippen LogP contribution is -2.35. The molecule has 0 bridgehead atoms. The number of aryl methyl sites for hydroxylation is 2. The van der Waals surface area contributed by atoms with E-state index in [-0.39, 0.29) is 18.1 Å². The van der Waals surface area contributed by atoms with Crippen LogP contribution in [0.5, 0.6) is 0 Å². The first kappa shape index (κ1) is 13.7. The SMILES string of the molecule is Cc1cnn(C(C)C(C)NC(C)c2nnc(C)o2)c1. The molecule has 0 saturated heterocycles. The van der Waals surface area contributed by atoms with Gasteiger partial charge in [0.15, 0.2) is 0 Å². The van der Waals surface area contributed by atoms with Crippen molar-refractivity contribution >= 4 is 0 Å². The Hall–Kier alpha value is -1.69. The summed E-state index contributed by atoms with van der Waals surface area (Å²) in [6.07, 6.45) is 3.92. The van der Waals surface area contributed by atoms with E-state index < -0.39 is 0 Å². The first-order valence-electron chi connectivity index (χ1n) is 6.54. The smallest absolute Gasteiger partial charge is 0.233 e. The maximum Gasteiger partial charge on any atom is 0.233 e. The van der Waals surface area contributed by atoms with Crippen molar-refractivity contribution in [2.45, 2.75) is 52.7 Å². The van der Waals surface area contributed by atoms with E-state index in [1.54, 1.807) is 6.92 Å². The summed E-state index contributed by atoms with van der Waals surface area (Å²) >= 11 is 0. The van der Waals surface area contributed by atoms with Crippen LogP contribution in [0.1, 0.15) is 50.2 Å². The Morgan fingerprint density at radius 1 is 1.21 bits per heavy atom. The lowest BCUT2D eigenvalue weighted by atomic mass is 10.1. The van der Waals surface area contributed by atoms with Crippen molar-refractivity contribution in [2.75, 3.05) is 0 Å². The first-order valence-corrected chi connectivity index (χ1v) is 6.54. The monoisotopic (exact) mass is 263 g/mol. The third kappa shape index (κ3) is 3.20. The molecule has 2 rings (SSSR count). The van der Waals surface area contributed by atoms with Gasteiger partial charge in [-0.1, -0.05) is 0 Å². The molecule has 2 heterocycles. The highest BCUT2D eigenvalue weighted by Gasteiger charge is 2.20. The van der Waals surface area contributed by atoms with Crippen LogP contribution in [0.2, 0.25) is 0 Å². The molecule has 0 amide bonds. The van der Waals surface area contributed by atoms with Gasteiger partial charge in [0.1, 0.15) is 0 Å². The summed E-state index contributed by atoms with van der Waals surface area (Å²) < 4.78 is 7.40. The summed E-state index contributed by atoms with van der Waals surface area (Å²) in [5.74, 6) is 1.21. The normalized spacial score (nSPS) is 16.3. The average molecular weight is 263 g/mol. The highest BCUT2D eigenvalue weighted by Crippen LogP contribution is 2.16. The predicted molar refractivity (Wildman–Crippen MR) is 71.7 cm³/mol. The number of rotatable bonds is 5. The third-order valence-corrected chi connectivity index (χ3v) is 3.30. The Labute approximate surface area is 113 Å². The minimum absolute atomic E-state index is 0.0234. The standard InChI is InChI=1S/C13H21N5O/c1-8-6-14-18(7-8)11(4)9(2)15-10(3)13-17-16-12(5)19-13/h6-7,9-11,15H,1-5H3. The zero-order valence-electron chi connectivity index (χ0n) is 12.1. The largest absolute Gasteiger partial charge is 0.424 e. The van der Waals surface area contributed by atoms with Gasteiger partial charge < -0.3 is 9.73 Å². The van der Waals surface area contributed by atoms with Gasteiger partial charge in [0.2, 0.25) is 11.8 Å². The second kappa shape index (κ2) is 5.52. The van der Waals surface area contributed by atoms with E-state index in [4.69, 9.17) is 4.42 Å². The lowest BCUT2D eigenvalue weighted by molar-refractivity contribution is 0.313. The van der Waals surface area contributed by atoms with Crippen molar-refractivity contribution in [3.8, 4) is 0 Å². The van der Waals surface area contributed by atoms with Crippen LogP contribution in [0.4, 0.5) is 0 Å². The molecule has 6 nitrogen and oxygen atoms in total. The van der Waals surface area contributed by atoms with Gasteiger partial charge in [-0.25, -0.2) is 0 Å². The quantitative estimate of drug-likeness (QED) is 0.895. The van der Waals surface area contributed by atoms with Gasteiger partial charge in [-0.3, -0.25) is 4.68 Å². The van der Waals surface area contributed by atoms with E-state index in [2.05, 4.69) is 34.5 Å². The summed E-state index contributed by atoms with van der Waals surface area (Å²) in [7, 11) is 0. The van der Waals surface area contributed by atoms with Crippen molar-refractivity contribution in [1.82, 2.24) is 25.3 Å². The zero-order chi connectivity index (χ0) is 14.0. The Morgan fingerprint density at radius 2 is 1.95 bits per heavy atom. The fourth-order valence-electron chi connectivity index (χ4n) is 1.98. The second-order valence-electron chi connectivity index (χ2n) is 5.07. The van der Waals surface area contributed by atoms with Crippen LogP contribution in [0, 0.1) is 13.8 Å². The van der Waals surface area contributed by atoms with Gasteiger partial charge in [0.05, 0.1) is 18.3 Å². The summed E-state index contributed by atoms with van der Waals surface area (Å²) in [5.41, 5.74) is 1.17. The van der Waals surface area contributed by atoms with Crippen molar-refractivity contribution < 1.29 is 4.42 Å². The molecule has 0 saturated carbocycles. The van der Waals surface area contributed by atoms with Crippen molar-refractivity contribution in [3.05, 3.63) is 29.7 Å². The molecule has 0 aliphatic carbocycles. The summed E-state index contributed by atoms with van der Waals surface area (Å²) in [5, 5.41) is 15.7. The van der Waals surface area contributed by atoms with Crippen LogP contribution in [-0.2, 0) is 0 Å². The number of nitrogens with one attached hydrogen (secondary N) is 1. The van der Waals surface area contributed by atoms with Crippen LogP contribution in [-0.4, -0.2) is 26.0 Å². The maximum absolute atomic E-state index is 5.43. The molecule has 2 aromatic rings. The number of hydrogen-bond acceptors (Lipinski definition) is 5. The van der Waals surface area contributed by atoms with Gasteiger partial charge >= 0.3 is 0 Å². The Balaban J connectivity index is 1.98. The van der Waals surface area contributed by atoms with E-state index >= 15 is 0 Å². The number of nitrogens with zero attached hydrogens (tertiary/aromatic N) is 4. The molecule has 0 aliphatic heterocycles. The van der Waals surface area contributed by atoms with E-state index in [0.29, 0.717) is 11.8 Å². The molecule has 2 aromatic heterocycles. The molecule has 3 atom stereocenters. The molecule has 19 heavy (non-hydrogen) atoms. The summed E-state index contributed by atoms with van der Waals surface area (Å²) in [6, 6.07) is 0.511. The van der Waals surface area contributed by atoms with Gasteiger partial charge in [-0.2, -0.15) is 5.10 Å². The zero-order valence-corrected chi connectivity index (χ0v) is 12.1. The Kier molecular flexibility index (Phi) is 3.99. The molecule has 0 aromatic carbocycles. The number of hydrogen-bond donors (Lipinski definition) is 1. The van der Waals surface area contributed by atoms with Gasteiger partial charge in [-0.15, -0.1) is 10.2 Å². The Bertz CT molecular complexity index is 533. The highest BCUT2D eigenvalue weighted by atomic mass is 16.4. The van der Waals surface area contributed by atoms with E-state index in [1.165, 1.54) is 5.56 Å². The van der Waals surface area contributed by atoms with E-state index in [0.717, 1.165) is 0 Å². The topological polar surface area (TPSA) is 68.8 Å². The number of aromatic nitrogens is 4. The highest BCUT2D eigenvalue weighted by molar-refractivity contribution is 5.01. The molecular weight excluding hydrogens is 242 g/mol. The van der Waals surface area contributed by atoms with Crippen LogP contribution in [0.3, 0.4) is 0 Å². The molecule has 6 heteroatoms. The fraction of sp³-hybridized carbons (Fsp3) is 0.615. The molecule has 3 unspecified atom stereocenters. The molecule has 0 spiro atoms. The maximum atomic E-state index is 5.43. The third-order valence-electron chi connectivity index (χ3n) is 3.30. The molecular formula is C13H21N5O. The van der Waals surface area contributed by atoms with Crippen LogP contribution >= 0.6 is 0 Å². The molecule has 0 radical (unpaired) electrons. The Morgan fingerprint density at radius 3 is 2.47 bits per heavy atom. The van der Waals surface area contributed by atoms with Crippen molar-refractivity contribution in [2.24, 2.45) is 0 Å². The minimum Gasteiger partial charge on any atom is -0.424 e. The van der Waals surface area contributed by atoms with Crippen molar-refractivity contribution in [3.63, 3.8) is 0 Å². The predicted octanol–water partition coefficient (Wildman–Crippen LogP) is 2.18. The molecule has 104 valence electrons. The molecule has 0 fully saturated rings. The van der Waals surface area contributed by atoms with Crippen molar-refractivity contribution in [1.29, 1.82) is 0 Å². The summed E-state index contributed by atoms with van der Waals surface area (Å²) in [4.78, 5) is 0. The molecule has 0 aliphatic rings. The lowest BCUT2D eigenvalue weighted by Gasteiger charge is -2.24. The van der Waals surface area contributed by atoms with Gasteiger partial charge in [-0.05, 0) is 33.3 Å². The van der Waals surface area contributed by atoms with Gasteiger partial charge in [0.25, 0.3) is 0 Å². The van der Waals surface area contributed by atoms with E-state index in [1.807, 2.05) is 30.9 Å². The fourth-order valence-corrected chi connectivity index (χ4v) is 1.98. The average Bonchev–Trinajstić information content (AvgIpc) is 2.97. The minimum atomic E-state index is 0.0234. The second-order valence-corrected chi connectivity index (χ2v) is 5.07. The van der Waals surface area contributed by atoms with Gasteiger partial charge in [0, 0.05) is 19.2 Å². The van der Waals surface area contributed by atoms with E-state index in [9.17, 15) is 0 Å². The molecule has 1 N–H and O–H groups in total. The summed E-state index contributed by atoms with van der Waals surface area (Å²) in [6.45, 7) is 10.1. The van der Waals surface area contributed by atoms with Crippen LogP contribution in [0.25, 0.3) is 0 Å².